The summed E-state index contributed by atoms with van der Waals surface area (Å²) in [5, 5.41) is 8.58. The van der Waals surface area contributed by atoms with Crippen molar-refractivity contribution < 1.29 is 17.9 Å². The number of rotatable bonds is 10. The Hall–Kier alpha value is -1.96. The van der Waals surface area contributed by atoms with Crippen LogP contribution >= 0.6 is 0 Å². The molecule has 0 atom stereocenters. The summed E-state index contributed by atoms with van der Waals surface area (Å²) in [6.07, 6.45) is 16.8. The van der Waals surface area contributed by atoms with Gasteiger partial charge in [-0.15, -0.1) is 13.2 Å². The molecule has 0 aromatic heterocycles. The molecule has 3 rings (SSSR count). The molecule has 0 unspecified atom stereocenters. The van der Waals surface area contributed by atoms with Crippen LogP contribution in [-0.4, -0.2) is 6.36 Å². The first kappa shape index (κ1) is 25.7. The Morgan fingerprint density at radius 1 is 0.848 bits per heavy atom. The second-order valence-corrected chi connectivity index (χ2v) is 10.1. The highest BCUT2D eigenvalue weighted by Gasteiger charge is 2.31. The van der Waals surface area contributed by atoms with Crippen LogP contribution in [0.15, 0.2) is 36.4 Å². The zero-order valence-corrected chi connectivity index (χ0v) is 19.7. The van der Waals surface area contributed by atoms with E-state index >= 15 is 0 Å². The van der Waals surface area contributed by atoms with Crippen LogP contribution in [0.5, 0.6) is 5.75 Å². The third kappa shape index (κ3) is 9.43. The van der Waals surface area contributed by atoms with Crippen LogP contribution in [-0.2, 0) is 6.42 Å². The molecule has 1 aromatic rings. The third-order valence-electron chi connectivity index (χ3n) is 7.87. The van der Waals surface area contributed by atoms with Gasteiger partial charge in [-0.1, -0.05) is 56.7 Å². The van der Waals surface area contributed by atoms with Crippen LogP contribution in [0.25, 0.3) is 0 Å². The van der Waals surface area contributed by atoms with Crippen LogP contribution in [0.4, 0.5) is 13.2 Å². The van der Waals surface area contributed by atoms with Crippen molar-refractivity contribution in [2.24, 2.45) is 23.7 Å². The number of allylic oxidation sites excluding steroid dienone is 2. The normalized spacial score (nSPS) is 26.2. The minimum atomic E-state index is -4.63. The van der Waals surface area contributed by atoms with Crippen LogP contribution in [0.3, 0.4) is 0 Å². The fourth-order valence-electron chi connectivity index (χ4n) is 5.98. The lowest BCUT2D eigenvalue weighted by Crippen LogP contribution is -2.25. The van der Waals surface area contributed by atoms with Gasteiger partial charge in [-0.05, 0) is 92.7 Å². The molecule has 0 bridgehead atoms. The van der Waals surface area contributed by atoms with Crippen molar-refractivity contribution in [3.63, 3.8) is 0 Å². The molecule has 0 heterocycles. The van der Waals surface area contributed by atoms with Gasteiger partial charge in [0.2, 0.25) is 0 Å². The Kier molecular flexibility index (Phi) is 10.2. The third-order valence-corrected chi connectivity index (χ3v) is 7.87. The van der Waals surface area contributed by atoms with Gasteiger partial charge >= 0.3 is 6.36 Å². The average molecular weight is 462 g/mol. The van der Waals surface area contributed by atoms with E-state index in [1.54, 1.807) is 18.2 Å². The lowest BCUT2D eigenvalue weighted by molar-refractivity contribution is -0.274. The van der Waals surface area contributed by atoms with Crippen molar-refractivity contribution in [3.05, 3.63) is 42.0 Å². The lowest BCUT2D eigenvalue weighted by atomic mass is 9.68. The monoisotopic (exact) mass is 461 g/mol. The Labute approximate surface area is 197 Å². The molecule has 0 amide bonds. The number of hydrogen-bond acceptors (Lipinski definition) is 2. The van der Waals surface area contributed by atoms with Gasteiger partial charge in [-0.2, -0.15) is 5.26 Å². The molecule has 0 spiro atoms. The topological polar surface area (TPSA) is 33.0 Å². The highest BCUT2D eigenvalue weighted by Crippen LogP contribution is 2.43. The largest absolute Gasteiger partial charge is 0.573 e. The van der Waals surface area contributed by atoms with Gasteiger partial charge < -0.3 is 4.74 Å². The number of nitrogens with zero attached hydrogens (tertiary/aromatic N) is 1. The number of hydrogen-bond donors (Lipinski definition) is 0. The van der Waals surface area contributed by atoms with Crippen molar-refractivity contribution in [3.8, 4) is 11.8 Å². The Morgan fingerprint density at radius 2 is 1.42 bits per heavy atom. The molecule has 2 fully saturated rings. The van der Waals surface area contributed by atoms with E-state index in [0.29, 0.717) is 0 Å². The number of aryl methyl sites for hydroxylation is 1. The molecule has 182 valence electrons. The van der Waals surface area contributed by atoms with E-state index in [-0.39, 0.29) is 5.75 Å². The van der Waals surface area contributed by atoms with Crippen molar-refractivity contribution in [1.82, 2.24) is 0 Å². The summed E-state index contributed by atoms with van der Waals surface area (Å²) in [4.78, 5) is 0. The first-order chi connectivity index (χ1) is 15.9. The molecule has 2 aliphatic carbocycles. The summed E-state index contributed by atoms with van der Waals surface area (Å²) in [5.41, 5.74) is 1.07. The second-order valence-electron chi connectivity index (χ2n) is 10.1. The maximum Gasteiger partial charge on any atom is 0.573 e. The summed E-state index contributed by atoms with van der Waals surface area (Å²) in [6.45, 7) is 0. The molecule has 0 N–H and O–H groups in total. The lowest BCUT2D eigenvalue weighted by Gasteiger charge is -2.38. The van der Waals surface area contributed by atoms with Crippen molar-refractivity contribution in [2.45, 2.75) is 96.3 Å². The first-order valence-corrected chi connectivity index (χ1v) is 12.8. The van der Waals surface area contributed by atoms with Crippen LogP contribution in [0.2, 0.25) is 0 Å². The molecule has 2 saturated carbocycles. The number of benzene rings is 1. The van der Waals surface area contributed by atoms with Crippen LogP contribution in [0, 0.1) is 35.0 Å². The van der Waals surface area contributed by atoms with Crippen molar-refractivity contribution in [1.29, 1.82) is 5.26 Å². The van der Waals surface area contributed by atoms with E-state index in [9.17, 15) is 13.2 Å². The van der Waals surface area contributed by atoms with Gasteiger partial charge in [0.15, 0.2) is 0 Å². The molecule has 2 aliphatic rings. The van der Waals surface area contributed by atoms with E-state index in [1.807, 2.05) is 6.08 Å². The molecule has 0 saturated heterocycles. The van der Waals surface area contributed by atoms with Crippen molar-refractivity contribution in [2.75, 3.05) is 0 Å². The highest BCUT2D eigenvalue weighted by atomic mass is 19.4. The summed E-state index contributed by atoms with van der Waals surface area (Å²) in [5.74, 6) is 3.42. The summed E-state index contributed by atoms with van der Waals surface area (Å²) < 4.78 is 40.7. The molecule has 0 aliphatic heterocycles. The number of ether oxygens (including phenoxy) is 1. The van der Waals surface area contributed by atoms with Gasteiger partial charge in [-0.25, -0.2) is 0 Å². The quantitative estimate of drug-likeness (QED) is 0.258. The molecule has 2 nitrogen and oxygen atoms in total. The van der Waals surface area contributed by atoms with Gasteiger partial charge in [0.05, 0.1) is 6.07 Å². The predicted molar refractivity (Wildman–Crippen MR) is 126 cm³/mol. The Balaban J connectivity index is 1.25. The molecule has 5 heteroatoms. The molecule has 1 aromatic carbocycles. The minimum Gasteiger partial charge on any atom is -0.406 e. The van der Waals surface area contributed by atoms with Gasteiger partial charge in [0.25, 0.3) is 0 Å². The Bertz CT molecular complexity index is 749. The second kappa shape index (κ2) is 13.1. The summed E-state index contributed by atoms with van der Waals surface area (Å²) in [7, 11) is 0. The predicted octanol–water partition coefficient (Wildman–Crippen LogP) is 8.77. The number of alkyl halides is 3. The zero-order valence-electron chi connectivity index (χ0n) is 19.7. The molecule has 0 radical (unpaired) electrons. The van der Waals surface area contributed by atoms with E-state index in [2.05, 4.69) is 10.8 Å². The molecular formula is C28H38F3NO. The number of unbranched alkanes of at least 4 members (excludes halogenated alkanes) is 1. The number of nitriles is 1. The minimum absolute atomic E-state index is 0.149. The smallest absolute Gasteiger partial charge is 0.406 e. The SMILES string of the molecule is N#CC=CCCC1CCC(C2CCC(CCCCc3ccc(OC(F)(F)F)cc3)CC2)CC1. The molecule has 33 heavy (non-hydrogen) atoms. The fraction of sp³-hybridized carbons (Fsp3) is 0.679. The van der Waals surface area contributed by atoms with E-state index in [4.69, 9.17) is 5.26 Å². The number of halogens is 3. The van der Waals surface area contributed by atoms with Gasteiger partial charge in [0.1, 0.15) is 5.75 Å². The molecular weight excluding hydrogens is 423 g/mol. The van der Waals surface area contributed by atoms with Crippen LogP contribution < -0.4 is 4.74 Å². The summed E-state index contributed by atoms with van der Waals surface area (Å²) >= 11 is 0. The first-order valence-electron chi connectivity index (χ1n) is 12.8. The van der Waals surface area contributed by atoms with Gasteiger partial charge in [-0.3, -0.25) is 0 Å². The average Bonchev–Trinajstić information content (AvgIpc) is 2.81. The van der Waals surface area contributed by atoms with Gasteiger partial charge in [0, 0.05) is 6.08 Å². The van der Waals surface area contributed by atoms with E-state index in [0.717, 1.165) is 48.5 Å². The maximum absolute atomic E-state index is 12.2. The Morgan fingerprint density at radius 3 is 1.97 bits per heavy atom. The zero-order chi connectivity index (χ0) is 23.5. The highest BCUT2D eigenvalue weighted by molar-refractivity contribution is 5.27. The van der Waals surface area contributed by atoms with Crippen LogP contribution in [0.1, 0.15) is 89.0 Å². The van der Waals surface area contributed by atoms with Crippen molar-refractivity contribution >= 4 is 0 Å². The standard InChI is InChI=1S/C28H38F3NO/c29-28(30,31)33-27-19-13-24(14-20-27)8-4-3-7-23-11-17-26(18-12-23)25-15-9-22(10-16-25)6-2-1-5-21-32/h1,5,13-14,19-20,22-23,25-26H,2-4,6-12,15-18H2. The summed E-state index contributed by atoms with van der Waals surface area (Å²) in [6, 6.07) is 8.37. The van der Waals surface area contributed by atoms with E-state index in [1.165, 1.54) is 82.8 Å². The fourth-order valence-corrected chi connectivity index (χ4v) is 5.98. The maximum atomic E-state index is 12.2. The van der Waals surface area contributed by atoms with E-state index < -0.39 is 6.36 Å².